The Morgan fingerprint density at radius 3 is 2.35 bits per heavy atom. The van der Waals surface area contributed by atoms with Crippen molar-refractivity contribution in [1.29, 1.82) is 0 Å². The van der Waals surface area contributed by atoms with Crippen LogP contribution in [-0.2, 0) is 29.2 Å². The van der Waals surface area contributed by atoms with Crippen molar-refractivity contribution in [3.63, 3.8) is 0 Å². The lowest BCUT2D eigenvalue weighted by molar-refractivity contribution is -0.110. The number of amidine groups is 1. The Morgan fingerprint density at radius 2 is 1.67 bits per heavy atom. The molecule has 15 heteroatoms. The fourth-order valence-electron chi connectivity index (χ4n) is 4.49. The number of hydrogen-bond acceptors (Lipinski definition) is 11. The van der Waals surface area contributed by atoms with Crippen LogP contribution in [0.25, 0.3) is 0 Å². The number of ether oxygens (including phenoxy) is 1. The summed E-state index contributed by atoms with van der Waals surface area (Å²) in [6.45, 7) is 1.80. The van der Waals surface area contributed by atoms with Crippen molar-refractivity contribution in [2.24, 2.45) is 15.9 Å². The normalized spacial score (nSPS) is 14.2. The highest BCUT2D eigenvalue weighted by Gasteiger charge is 2.36. The Bertz CT molecular complexity index is 2100. The van der Waals surface area contributed by atoms with Gasteiger partial charge in [-0.1, -0.05) is 30.3 Å². The van der Waals surface area contributed by atoms with Gasteiger partial charge in [-0.15, -0.1) is 0 Å². The van der Waals surface area contributed by atoms with Crippen LogP contribution in [0.15, 0.2) is 111 Å². The molecule has 4 aromatic carbocycles. The summed E-state index contributed by atoms with van der Waals surface area (Å²) in [4.78, 5) is 24.8. The molecule has 4 aromatic rings. The number of anilines is 2. The molecule has 0 bridgehead atoms. The molecule has 3 N–H and O–H groups in total. The number of aryl methyl sites for hydroxylation is 1. The predicted octanol–water partition coefficient (Wildman–Crippen LogP) is 4.51. The second kappa shape index (κ2) is 12.7. The highest BCUT2D eigenvalue weighted by atomic mass is 32.2. The van der Waals surface area contributed by atoms with Crippen LogP contribution in [0.2, 0.25) is 0 Å². The zero-order valence-corrected chi connectivity index (χ0v) is 26.8. The molecule has 13 nitrogen and oxygen atoms in total. The second-order valence-electron chi connectivity index (χ2n) is 10.3. The van der Waals surface area contributed by atoms with E-state index in [0.717, 1.165) is 16.1 Å². The van der Waals surface area contributed by atoms with Gasteiger partial charge >= 0.3 is 10.1 Å². The third kappa shape index (κ3) is 6.48. The van der Waals surface area contributed by atoms with Crippen LogP contribution < -0.4 is 20.9 Å². The van der Waals surface area contributed by atoms with Gasteiger partial charge in [-0.25, -0.2) is 18.4 Å². The number of nitrogens with zero attached hydrogens (tertiary/aromatic N) is 4. The number of benzene rings is 4. The van der Waals surface area contributed by atoms with Gasteiger partial charge < -0.3 is 15.0 Å². The minimum atomic E-state index is -4.38. The van der Waals surface area contributed by atoms with E-state index in [0.29, 0.717) is 17.0 Å². The smallest absolute Gasteiger partial charge is 0.312 e. The van der Waals surface area contributed by atoms with E-state index >= 15 is 0 Å². The first kappa shape index (κ1) is 32.3. The van der Waals surface area contributed by atoms with E-state index in [-0.39, 0.29) is 38.5 Å². The number of carbonyl (C=O) groups is 1. The molecular formula is C31H30N6O7S2. The fourth-order valence-corrected chi connectivity index (χ4v) is 6.37. The minimum absolute atomic E-state index is 0.0363. The number of rotatable bonds is 9. The average Bonchev–Trinajstić information content (AvgIpc) is 3.03. The molecule has 1 aliphatic heterocycles. The van der Waals surface area contributed by atoms with Gasteiger partial charge in [0.15, 0.2) is 17.3 Å². The Kier molecular flexibility index (Phi) is 8.94. The second-order valence-corrected chi connectivity index (χ2v) is 13.8. The number of sulfonamides is 1. The molecule has 0 aromatic heterocycles. The number of aliphatic imine (C=N–C) groups is 2. The first-order valence-corrected chi connectivity index (χ1v) is 16.5. The third-order valence-corrected chi connectivity index (χ3v) is 9.85. The quantitative estimate of drug-likeness (QED) is 0.193. The molecule has 238 valence electrons. The number of carbonyl (C=O) groups excluding carboxylic acids is 1. The lowest BCUT2D eigenvalue weighted by atomic mass is 10.1. The minimum Gasteiger partial charge on any atom is -0.455 e. The van der Waals surface area contributed by atoms with Gasteiger partial charge in [-0.2, -0.15) is 18.6 Å². The maximum atomic E-state index is 14.2. The van der Waals surface area contributed by atoms with Crippen LogP contribution in [-0.4, -0.2) is 59.7 Å². The van der Waals surface area contributed by atoms with E-state index in [1.807, 2.05) is 25.1 Å². The Morgan fingerprint density at radius 1 is 0.978 bits per heavy atom. The van der Waals surface area contributed by atoms with Crippen LogP contribution in [0.5, 0.6) is 11.5 Å². The number of nitrogens with one attached hydrogen (secondary N) is 1. The SMILES string of the molecule is Cc1cc(N(C)C)ccc1N=C(C(=O)Nc1cc(S(=O)(=O)ON)ccc1Oc1ccccc1)C1=Nc2ccccc2S(=O)(=O)N1C. The Labute approximate surface area is 266 Å². The molecule has 0 atom stereocenters. The van der Waals surface area contributed by atoms with Crippen molar-refractivity contribution in [1.82, 2.24) is 4.31 Å². The zero-order chi connectivity index (χ0) is 33.2. The van der Waals surface area contributed by atoms with Crippen molar-refractivity contribution in [2.75, 3.05) is 31.4 Å². The fraction of sp³-hybridized carbons (Fsp3) is 0.129. The van der Waals surface area contributed by atoms with Gasteiger partial charge in [-0.05, 0) is 73.2 Å². The lowest BCUT2D eigenvalue weighted by Gasteiger charge is -2.27. The molecule has 1 amide bonds. The molecule has 1 aliphatic rings. The van der Waals surface area contributed by atoms with Crippen LogP contribution in [0.1, 0.15) is 5.56 Å². The van der Waals surface area contributed by atoms with E-state index < -0.39 is 26.0 Å². The lowest BCUT2D eigenvalue weighted by Crippen LogP contribution is -2.44. The summed E-state index contributed by atoms with van der Waals surface area (Å²) in [6, 6.07) is 23.7. The first-order chi connectivity index (χ1) is 21.8. The van der Waals surface area contributed by atoms with Gasteiger partial charge in [0.25, 0.3) is 15.9 Å². The van der Waals surface area contributed by atoms with Crippen LogP contribution >= 0.6 is 0 Å². The molecule has 0 aliphatic carbocycles. The van der Waals surface area contributed by atoms with Crippen molar-refractivity contribution in [3.8, 4) is 11.5 Å². The van der Waals surface area contributed by atoms with Crippen LogP contribution in [0.4, 0.5) is 22.7 Å². The van der Waals surface area contributed by atoms with Gasteiger partial charge in [-0.3, -0.25) is 9.10 Å². The molecular weight excluding hydrogens is 633 g/mol. The molecule has 0 radical (unpaired) electrons. The standard InChI is InChI=1S/C31H30N6O7S2/c1-20-18-21(36(2)3)14-16-24(20)33-29(30-34-25-12-8-9-13-28(25)45(39,40)37(30)4)31(38)35-26-19-23(46(41,42)44-32)15-17-27(26)43-22-10-6-5-7-11-22/h5-19H,32H2,1-4H3,(H,35,38). The van der Waals surface area contributed by atoms with Crippen molar-refractivity contribution in [3.05, 3.63) is 96.6 Å². The summed E-state index contributed by atoms with van der Waals surface area (Å²) in [6.07, 6.45) is 0. The van der Waals surface area contributed by atoms with Crippen LogP contribution in [0, 0.1) is 6.92 Å². The van der Waals surface area contributed by atoms with E-state index in [1.165, 1.54) is 31.3 Å². The van der Waals surface area contributed by atoms with Crippen molar-refractivity contribution in [2.45, 2.75) is 16.7 Å². The molecule has 0 saturated heterocycles. The zero-order valence-electron chi connectivity index (χ0n) is 25.2. The summed E-state index contributed by atoms with van der Waals surface area (Å²) in [7, 11) is -3.48. The number of nitrogens with two attached hydrogens (primary N) is 1. The summed E-state index contributed by atoms with van der Waals surface area (Å²) < 4.78 is 63.0. The van der Waals surface area contributed by atoms with E-state index in [2.05, 4.69) is 19.6 Å². The molecule has 5 rings (SSSR count). The van der Waals surface area contributed by atoms with Gasteiger partial charge in [0.05, 0.1) is 22.0 Å². The Hall–Kier alpha value is -5.09. The van der Waals surface area contributed by atoms with Crippen molar-refractivity contribution >= 4 is 60.3 Å². The molecule has 0 saturated carbocycles. The average molecular weight is 663 g/mol. The van der Waals surface area contributed by atoms with E-state index in [4.69, 9.17) is 10.6 Å². The Balaban J connectivity index is 1.67. The number of fused-ring (bicyclic) bond motifs is 1. The largest absolute Gasteiger partial charge is 0.455 e. The summed E-state index contributed by atoms with van der Waals surface area (Å²) in [5.74, 6) is 4.30. The van der Waals surface area contributed by atoms with Crippen LogP contribution in [0.3, 0.4) is 0 Å². The number of hydrogen-bond donors (Lipinski definition) is 2. The highest BCUT2D eigenvalue weighted by molar-refractivity contribution is 7.90. The topological polar surface area (TPSA) is 173 Å². The number of para-hydroxylation sites is 2. The van der Waals surface area contributed by atoms with E-state index in [1.54, 1.807) is 61.5 Å². The molecule has 1 heterocycles. The summed E-state index contributed by atoms with van der Waals surface area (Å²) >= 11 is 0. The third-order valence-electron chi connectivity index (χ3n) is 6.97. The molecule has 0 spiro atoms. The molecule has 0 fully saturated rings. The molecule has 0 unspecified atom stereocenters. The van der Waals surface area contributed by atoms with E-state index in [9.17, 15) is 21.6 Å². The van der Waals surface area contributed by atoms with Gasteiger partial charge in [0.2, 0.25) is 0 Å². The highest BCUT2D eigenvalue weighted by Crippen LogP contribution is 2.35. The number of amides is 1. The maximum Gasteiger partial charge on any atom is 0.312 e. The van der Waals surface area contributed by atoms with Gasteiger partial charge in [0, 0.05) is 26.8 Å². The summed E-state index contributed by atoms with van der Waals surface area (Å²) in [5.41, 5.74) is 1.61. The maximum absolute atomic E-state index is 14.2. The first-order valence-electron chi connectivity index (χ1n) is 13.7. The van der Waals surface area contributed by atoms with Crippen molar-refractivity contribution < 1.29 is 30.7 Å². The molecule has 46 heavy (non-hydrogen) atoms. The van der Waals surface area contributed by atoms with Gasteiger partial charge in [0.1, 0.15) is 10.6 Å². The summed E-state index contributed by atoms with van der Waals surface area (Å²) in [5, 5.41) is 2.64. The predicted molar refractivity (Wildman–Crippen MR) is 175 cm³/mol. The monoisotopic (exact) mass is 662 g/mol.